The Balaban J connectivity index is 1.57. The highest BCUT2D eigenvalue weighted by Crippen LogP contribution is 2.23. The van der Waals surface area contributed by atoms with E-state index in [1.165, 1.54) is 10.4 Å². The van der Waals surface area contributed by atoms with Gasteiger partial charge < -0.3 is 15.4 Å². The highest BCUT2D eigenvalue weighted by molar-refractivity contribution is 7.09. The number of ether oxygens (including phenoxy) is 1. The Kier molecular flexibility index (Phi) is 7.95. The minimum atomic E-state index is 0.252. The summed E-state index contributed by atoms with van der Waals surface area (Å²) in [6, 6.07) is 12.6. The minimum absolute atomic E-state index is 0.252. The molecular weight excluding hydrogens is 380 g/mol. The van der Waals surface area contributed by atoms with E-state index in [-0.39, 0.29) is 6.04 Å². The van der Waals surface area contributed by atoms with Gasteiger partial charge in [-0.15, -0.1) is 11.3 Å². The second-order valence-electron chi connectivity index (χ2n) is 6.42. The van der Waals surface area contributed by atoms with E-state index in [2.05, 4.69) is 50.2 Å². The van der Waals surface area contributed by atoms with Crippen LogP contribution < -0.4 is 10.6 Å². The molecule has 0 bridgehead atoms. The van der Waals surface area contributed by atoms with Crippen molar-refractivity contribution in [2.45, 2.75) is 12.5 Å². The zero-order valence-electron chi connectivity index (χ0n) is 15.7. The number of morpholine rings is 1. The van der Waals surface area contributed by atoms with Crippen LogP contribution in [0.4, 0.5) is 0 Å². The summed E-state index contributed by atoms with van der Waals surface area (Å²) in [4.78, 5) is 8.20. The van der Waals surface area contributed by atoms with Crippen LogP contribution in [0.25, 0.3) is 0 Å². The maximum atomic E-state index is 6.07. The van der Waals surface area contributed by atoms with Crippen molar-refractivity contribution in [3.8, 4) is 0 Å². The Morgan fingerprint density at radius 3 is 2.67 bits per heavy atom. The Morgan fingerprint density at radius 2 is 2.00 bits per heavy atom. The third-order valence-electron chi connectivity index (χ3n) is 4.67. The molecule has 2 N–H and O–H groups in total. The second-order valence-corrected chi connectivity index (χ2v) is 7.89. The fourth-order valence-corrected chi connectivity index (χ4v) is 4.04. The smallest absolute Gasteiger partial charge is 0.191 e. The Bertz CT molecular complexity index is 699. The lowest BCUT2D eigenvalue weighted by Gasteiger charge is -2.35. The molecule has 0 aliphatic carbocycles. The molecule has 0 saturated carbocycles. The SMILES string of the molecule is CN=C(NCCc1cccs1)NCC(c1ccc(Cl)cc1)N1CCOCC1. The van der Waals surface area contributed by atoms with Crippen LogP contribution in [0.2, 0.25) is 5.02 Å². The topological polar surface area (TPSA) is 48.9 Å². The van der Waals surface area contributed by atoms with Crippen LogP contribution in [0.5, 0.6) is 0 Å². The van der Waals surface area contributed by atoms with Gasteiger partial charge in [-0.3, -0.25) is 9.89 Å². The van der Waals surface area contributed by atoms with Crippen LogP contribution >= 0.6 is 22.9 Å². The second kappa shape index (κ2) is 10.7. The highest BCUT2D eigenvalue weighted by Gasteiger charge is 2.22. The molecule has 1 atom stereocenters. The van der Waals surface area contributed by atoms with Crippen molar-refractivity contribution in [2.24, 2.45) is 4.99 Å². The van der Waals surface area contributed by atoms with Crippen LogP contribution in [0.3, 0.4) is 0 Å². The molecule has 2 heterocycles. The van der Waals surface area contributed by atoms with Crippen molar-refractivity contribution in [3.63, 3.8) is 0 Å². The normalized spacial score (nSPS) is 16.9. The number of guanidine groups is 1. The number of benzene rings is 1. The number of rotatable bonds is 7. The van der Waals surface area contributed by atoms with E-state index >= 15 is 0 Å². The predicted octanol–water partition coefficient (Wildman–Crippen LogP) is 3.18. The number of aliphatic imine (C=N–C) groups is 1. The van der Waals surface area contributed by atoms with Crippen molar-refractivity contribution in [1.29, 1.82) is 0 Å². The van der Waals surface area contributed by atoms with Gasteiger partial charge in [0, 0.05) is 43.1 Å². The largest absolute Gasteiger partial charge is 0.379 e. The van der Waals surface area contributed by atoms with Crippen LogP contribution in [0.15, 0.2) is 46.8 Å². The number of nitrogens with zero attached hydrogens (tertiary/aromatic N) is 2. The van der Waals surface area contributed by atoms with Gasteiger partial charge in [-0.05, 0) is 35.6 Å². The lowest BCUT2D eigenvalue weighted by molar-refractivity contribution is 0.0170. The Labute approximate surface area is 170 Å². The highest BCUT2D eigenvalue weighted by atomic mass is 35.5. The molecule has 0 amide bonds. The third-order valence-corrected chi connectivity index (χ3v) is 5.86. The lowest BCUT2D eigenvalue weighted by Crippen LogP contribution is -2.46. The average Bonchev–Trinajstić information content (AvgIpc) is 3.22. The molecule has 5 nitrogen and oxygen atoms in total. The van der Waals surface area contributed by atoms with Crippen molar-refractivity contribution in [1.82, 2.24) is 15.5 Å². The molecular formula is C20H27ClN4OS. The van der Waals surface area contributed by atoms with Gasteiger partial charge in [-0.2, -0.15) is 0 Å². The van der Waals surface area contributed by atoms with E-state index < -0.39 is 0 Å². The maximum Gasteiger partial charge on any atom is 0.191 e. The molecule has 1 fully saturated rings. The average molecular weight is 407 g/mol. The van der Waals surface area contributed by atoms with Crippen LogP contribution in [-0.2, 0) is 11.2 Å². The van der Waals surface area contributed by atoms with Crippen molar-refractivity contribution in [3.05, 3.63) is 57.2 Å². The van der Waals surface area contributed by atoms with Gasteiger partial charge in [-0.25, -0.2) is 0 Å². The first-order valence-electron chi connectivity index (χ1n) is 9.30. The first-order chi connectivity index (χ1) is 13.3. The van der Waals surface area contributed by atoms with Gasteiger partial charge >= 0.3 is 0 Å². The summed E-state index contributed by atoms with van der Waals surface area (Å²) >= 11 is 7.86. The monoisotopic (exact) mass is 406 g/mol. The van der Waals surface area contributed by atoms with Gasteiger partial charge in [0.05, 0.1) is 19.3 Å². The van der Waals surface area contributed by atoms with Gasteiger partial charge in [-0.1, -0.05) is 29.8 Å². The first kappa shape index (κ1) is 20.1. The van der Waals surface area contributed by atoms with Crippen LogP contribution in [0, 0.1) is 0 Å². The molecule has 146 valence electrons. The molecule has 0 radical (unpaired) electrons. The molecule has 1 aromatic heterocycles. The molecule has 1 aromatic carbocycles. The van der Waals surface area contributed by atoms with E-state index in [0.29, 0.717) is 0 Å². The molecule has 27 heavy (non-hydrogen) atoms. The van der Waals surface area contributed by atoms with Crippen LogP contribution in [0.1, 0.15) is 16.5 Å². The first-order valence-corrected chi connectivity index (χ1v) is 10.6. The Hall–Kier alpha value is -1.60. The lowest BCUT2D eigenvalue weighted by atomic mass is 10.0. The molecule has 1 unspecified atom stereocenters. The zero-order chi connectivity index (χ0) is 18.9. The van der Waals surface area contributed by atoms with Crippen LogP contribution in [-0.4, -0.2) is 57.3 Å². The summed E-state index contributed by atoms with van der Waals surface area (Å²) in [5.74, 6) is 0.832. The number of nitrogens with one attached hydrogen (secondary N) is 2. The van der Waals surface area contributed by atoms with Gasteiger partial charge in [0.1, 0.15) is 0 Å². The van der Waals surface area contributed by atoms with Gasteiger partial charge in [0.15, 0.2) is 5.96 Å². The summed E-state index contributed by atoms with van der Waals surface area (Å²) in [5, 5.41) is 9.77. The van der Waals surface area contributed by atoms with Crippen molar-refractivity contribution < 1.29 is 4.74 Å². The summed E-state index contributed by atoms with van der Waals surface area (Å²) in [6.07, 6.45) is 1.00. The van der Waals surface area contributed by atoms with E-state index in [1.54, 1.807) is 11.3 Å². The fraction of sp³-hybridized carbons (Fsp3) is 0.450. The number of hydrogen-bond acceptors (Lipinski definition) is 4. The maximum absolute atomic E-state index is 6.07. The van der Waals surface area contributed by atoms with Crippen molar-refractivity contribution >= 4 is 28.9 Å². The standard InChI is InChI=1S/C20H27ClN4OS/c1-22-20(23-9-8-18-3-2-14-27-18)24-15-19(25-10-12-26-13-11-25)16-4-6-17(21)7-5-16/h2-7,14,19H,8-13,15H2,1H3,(H2,22,23,24). The predicted molar refractivity (Wildman–Crippen MR) is 114 cm³/mol. The Morgan fingerprint density at radius 1 is 1.22 bits per heavy atom. The van der Waals surface area contributed by atoms with Crippen molar-refractivity contribution in [2.75, 3.05) is 46.4 Å². The third kappa shape index (κ3) is 6.21. The quantitative estimate of drug-likeness (QED) is 0.547. The zero-order valence-corrected chi connectivity index (χ0v) is 17.2. The van der Waals surface area contributed by atoms with E-state index in [1.807, 2.05) is 19.2 Å². The number of thiophene rings is 1. The summed E-state index contributed by atoms with van der Waals surface area (Å²) in [5.41, 5.74) is 1.25. The molecule has 2 aromatic rings. The molecule has 1 saturated heterocycles. The molecule has 3 rings (SSSR count). The van der Waals surface area contributed by atoms with E-state index in [4.69, 9.17) is 16.3 Å². The van der Waals surface area contributed by atoms with E-state index in [0.717, 1.165) is 56.8 Å². The minimum Gasteiger partial charge on any atom is -0.379 e. The summed E-state index contributed by atoms with van der Waals surface area (Å²) in [7, 11) is 1.81. The fourth-order valence-electron chi connectivity index (χ4n) is 3.20. The summed E-state index contributed by atoms with van der Waals surface area (Å²) < 4.78 is 5.52. The molecule has 1 aliphatic heterocycles. The molecule has 0 spiro atoms. The summed E-state index contributed by atoms with van der Waals surface area (Å²) in [6.45, 7) is 5.05. The molecule has 7 heteroatoms. The van der Waals surface area contributed by atoms with Gasteiger partial charge in [0.25, 0.3) is 0 Å². The number of hydrogen-bond donors (Lipinski definition) is 2. The number of halogens is 1. The molecule has 1 aliphatic rings. The van der Waals surface area contributed by atoms with E-state index in [9.17, 15) is 0 Å². The van der Waals surface area contributed by atoms with Gasteiger partial charge in [0.2, 0.25) is 0 Å².